The Morgan fingerprint density at radius 2 is 1.79 bits per heavy atom. The second-order valence-corrected chi connectivity index (χ2v) is 5.33. The molecule has 1 aromatic heterocycles. The van der Waals surface area contributed by atoms with Gasteiger partial charge in [-0.15, -0.1) is 0 Å². The first kappa shape index (κ1) is 17.6. The summed E-state index contributed by atoms with van der Waals surface area (Å²) in [4.78, 5) is 27.4. The first-order chi connectivity index (χ1) is 11.6. The molecule has 5 nitrogen and oxygen atoms in total. The average Bonchev–Trinajstić information content (AvgIpc) is 2.61. The SMILES string of the molecule is O=C(CCc1ccc(F)cc1)NCCCNC(=O)c1cccnc1. The lowest BCUT2D eigenvalue weighted by atomic mass is 10.1. The number of aromatic nitrogens is 1. The molecule has 2 amide bonds. The highest BCUT2D eigenvalue weighted by Crippen LogP contribution is 2.05. The maximum atomic E-state index is 12.8. The number of halogens is 1. The van der Waals surface area contributed by atoms with E-state index in [9.17, 15) is 14.0 Å². The molecule has 6 heteroatoms. The zero-order valence-electron chi connectivity index (χ0n) is 13.3. The third kappa shape index (κ3) is 6.16. The first-order valence-corrected chi connectivity index (χ1v) is 7.84. The van der Waals surface area contributed by atoms with Gasteiger partial charge in [0.05, 0.1) is 5.56 Å². The fourth-order valence-electron chi connectivity index (χ4n) is 2.11. The van der Waals surface area contributed by atoms with Gasteiger partial charge >= 0.3 is 0 Å². The van der Waals surface area contributed by atoms with Crippen molar-refractivity contribution < 1.29 is 14.0 Å². The Hall–Kier alpha value is -2.76. The molecule has 0 aliphatic carbocycles. The molecule has 0 aliphatic rings. The summed E-state index contributed by atoms with van der Waals surface area (Å²) >= 11 is 0. The molecule has 2 rings (SSSR count). The van der Waals surface area contributed by atoms with Crippen molar-refractivity contribution in [1.82, 2.24) is 15.6 Å². The van der Waals surface area contributed by atoms with Crippen molar-refractivity contribution in [2.24, 2.45) is 0 Å². The number of nitrogens with zero attached hydrogens (tertiary/aromatic N) is 1. The molecule has 2 N–H and O–H groups in total. The molecule has 0 saturated carbocycles. The molecule has 0 radical (unpaired) electrons. The standard InChI is InChI=1S/C18H20FN3O2/c19-16-7-4-14(5-8-16)6-9-17(23)21-11-2-12-22-18(24)15-3-1-10-20-13-15/h1,3-5,7-8,10,13H,2,6,9,11-12H2,(H,21,23)(H,22,24). The van der Waals surface area contributed by atoms with E-state index in [0.717, 1.165) is 5.56 Å². The number of benzene rings is 1. The predicted octanol–water partition coefficient (Wildman–Crippen LogP) is 2.09. The summed E-state index contributed by atoms with van der Waals surface area (Å²) in [5.74, 6) is -0.514. The highest BCUT2D eigenvalue weighted by molar-refractivity contribution is 5.93. The van der Waals surface area contributed by atoms with E-state index in [4.69, 9.17) is 0 Å². The van der Waals surface area contributed by atoms with Crippen molar-refractivity contribution in [2.45, 2.75) is 19.3 Å². The monoisotopic (exact) mass is 329 g/mol. The van der Waals surface area contributed by atoms with E-state index in [-0.39, 0.29) is 17.6 Å². The minimum absolute atomic E-state index is 0.0575. The third-order valence-corrected chi connectivity index (χ3v) is 3.44. The summed E-state index contributed by atoms with van der Waals surface area (Å²) in [6.45, 7) is 0.974. The molecule has 2 aromatic rings. The van der Waals surface area contributed by atoms with Crippen LogP contribution in [0, 0.1) is 5.82 Å². The molecule has 0 atom stereocenters. The van der Waals surface area contributed by atoms with Gasteiger partial charge in [0.25, 0.3) is 5.91 Å². The van der Waals surface area contributed by atoms with Gasteiger partial charge in [-0.25, -0.2) is 4.39 Å². The Kier molecular flexibility index (Phi) is 6.89. The van der Waals surface area contributed by atoms with Crippen LogP contribution in [0.4, 0.5) is 4.39 Å². The molecule has 0 spiro atoms. The zero-order chi connectivity index (χ0) is 17.2. The van der Waals surface area contributed by atoms with E-state index in [2.05, 4.69) is 15.6 Å². The van der Waals surface area contributed by atoms with Crippen molar-refractivity contribution in [3.05, 3.63) is 65.7 Å². The summed E-state index contributed by atoms with van der Waals surface area (Å²) in [7, 11) is 0. The van der Waals surface area contributed by atoms with E-state index in [1.54, 1.807) is 30.5 Å². The van der Waals surface area contributed by atoms with Gasteiger partial charge in [0.15, 0.2) is 0 Å². The number of aryl methyl sites for hydroxylation is 1. The lowest BCUT2D eigenvalue weighted by Gasteiger charge is -2.07. The maximum Gasteiger partial charge on any atom is 0.252 e. The second-order valence-electron chi connectivity index (χ2n) is 5.33. The number of carbonyl (C=O) groups excluding carboxylic acids is 2. The van der Waals surface area contributed by atoms with Gasteiger partial charge in [0.1, 0.15) is 5.82 Å². The number of rotatable bonds is 8. The number of hydrogen-bond donors (Lipinski definition) is 2. The lowest BCUT2D eigenvalue weighted by molar-refractivity contribution is -0.121. The summed E-state index contributed by atoms with van der Waals surface area (Å²) in [5, 5.41) is 5.57. The van der Waals surface area contributed by atoms with Crippen LogP contribution in [0.3, 0.4) is 0 Å². The van der Waals surface area contributed by atoms with Crippen LogP contribution < -0.4 is 10.6 Å². The minimum atomic E-state index is -0.281. The van der Waals surface area contributed by atoms with Crippen molar-refractivity contribution in [2.75, 3.05) is 13.1 Å². The van der Waals surface area contributed by atoms with E-state index < -0.39 is 0 Å². The Bertz CT molecular complexity index is 660. The van der Waals surface area contributed by atoms with E-state index in [0.29, 0.717) is 37.9 Å². The number of nitrogens with one attached hydrogen (secondary N) is 2. The molecule has 126 valence electrons. The number of amides is 2. The molecule has 1 heterocycles. The third-order valence-electron chi connectivity index (χ3n) is 3.44. The number of pyridine rings is 1. The molecule has 24 heavy (non-hydrogen) atoms. The summed E-state index contributed by atoms with van der Waals surface area (Å²) < 4.78 is 12.8. The van der Waals surface area contributed by atoms with Gasteiger partial charge in [-0.3, -0.25) is 14.6 Å². The van der Waals surface area contributed by atoms with Crippen LogP contribution in [0.25, 0.3) is 0 Å². The largest absolute Gasteiger partial charge is 0.356 e. The fourth-order valence-corrected chi connectivity index (χ4v) is 2.11. The molecule has 0 fully saturated rings. The van der Waals surface area contributed by atoms with Crippen molar-refractivity contribution >= 4 is 11.8 Å². The van der Waals surface area contributed by atoms with Crippen molar-refractivity contribution in [3.63, 3.8) is 0 Å². The molecule has 1 aromatic carbocycles. The Labute approximate surface area is 140 Å². The maximum absolute atomic E-state index is 12.8. The van der Waals surface area contributed by atoms with Gasteiger partial charge < -0.3 is 10.6 Å². The Morgan fingerprint density at radius 1 is 1.04 bits per heavy atom. The molecule has 0 aliphatic heterocycles. The zero-order valence-corrected chi connectivity index (χ0v) is 13.3. The quantitative estimate of drug-likeness (QED) is 0.729. The van der Waals surface area contributed by atoms with Crippen molar-refractivity contribution in [3.8, 4) is 0 Å². The van der Waals surface area contributed by atoms with Crippen LogP contribution in [0.5, 0.6) is 0 Å². The summed E-state index contributed by atoms with van der Waals surface area (Å²) in [5.41, 5.74) is 1.44. The van der Waals surface area contributed by atoms with Gasteiger partial charge in [-0.2, -0.15) is 0 Å². The van der Waals surface area contributed by atoms with E-state index in [1.807, 2.05) is 0 Å². The molecule has 0 bridgehead atoms. The van der Waals surface area contributed by atoms with Crippen LogP contribution in [0.1, 0.15) is 28.8 Å². The van der Waals surface area contributed by atoms with Gasteiger partial charge in [0.2, 0.25) is 5.91 Å². The molecule has 0 unspecified atom stereocenters. The van der Waals surface area contributed by atoms with Crippen LogP contribution >= 0.6 is 0 Å². The average molecular weight is 329 g/mol. The normalized spacial score (nSPS) is 10.2. The van der Waals surface area contributed by atoms with Crippen LogP contribution in [-0.4, -0.2) is 29.9 Å². The van der Waals surface area contributed by atoms with Crippen LogP contribution in [0.15, 0.2) is 48.8 Å². The number of carbonyl (C=O) groups is 2. The molecule has 0 saturated heterocycles. The van der Waals surface area contributed by atoms with Gasteiger partial charge in [-0.05, 0) is 42.7 Å². The molecular weight excluding hydrogens is 309 g/mol. The van der Waals surface area contributed by atoms with Crippen LogP contribution in [-0.2, 0) is 11.2 Å². The minimum Gasteiger partial charge on any atom is -0.356 e. The topological polar surface area (TPSA) is 71.1 Å². The lowest BCUT2D eigenvalue weighted by Crippen LogP contribution is -2.30. The summed E-state index contributed by atoms with van der Waals surface area (Å²) in [6.07, 6.45) is 4.69. The van der Waals surface area contributed by atoms with E-state index >= 15 is 0 Å². The van der Waals surface area contributed by atoms with Crippen molar-refractivity contribution in [1.29, 1.82) is 0 Å². The number of hydrogen-bond acceptors (Lipinski definition) is 3. The fraction of sp³-hybridized carbons (Fsp3) is 0.278. The van der Waals surface area contributed by atoms with Gasteiger partial charge in [-0.1, -0.05) is 12.1 Å². The second kappa shape index (κ2) is 9.39. The Balaban J connectivity index is 1.56. The first-order valence-electron chi connectivity index (χ1n) is 7.84. The Morgan fingerprint density at radius 3 is 2.50 bits per heavy atom. The summed E-state index contributed by atoms with van der Waals surface area (Å²) in [6, 6.07) is 9.53. The smallest absolute Gasteiger partial charge is 0.252 e. The highest BCUT2D eigenvalue weighted by Gasteiger charge is 2.05. The van der Waals surface area contributed by atoms with E-state index in [1.165, 1.54) is 18.3 Å². The van der Waals surface area contributed by atoms with Gasteiger partial charge in [0, 0.05) is 31.9 Å². The predicted molar refractivity (Wildman–Crippen MR) is 88.9 cm³/mol. The highest BCUT2D eigenvalue weighted by atomic mass is 19.1. The molecular formula is C18H20FN3O2. The van der Waals surface area contributed by atoms with Crippen LogP contribution in [0.2, 0.25) is 0 Å².